The van der Waals surface area contributed by atoms with Crippen molar-refractivity contribution in [2.45, 2.75) is 6.92 Å². The molecule has 0 spiro atoms. The van der Waals surface area contributed by atoms with Crippen molar-refractivity contribution in [2.75, 3.05) is 5.73 Å². The normalized spacial score (nSPS) is 10.8. The lowest BCUT2D eigenvalue weighted by Gasteiger charge is -2.03. The van der Waals surface area contributed by atoms with Gasteiger partial charge in [0.05, 0.1) is 11.3 Å². The van der Waals surface area contributed by atoms with Crippen LogP contribution < -0.4 is 5.73 Å². The summed E-state index contributed by atoms with van der Waals surface area (Å²) in [5.41, 5.74) is 7.37. The lowest BCUT2D eigenvalue weighted by Crippen LogP contribution is -2.01. The first-order valence-electron chi connectivity index (χ1n) is 6.44. The van der Waals surface area contributed by atoms with Crippen molar-refractivity contribution in [3.05, 3.63) is 65.7 Å². The van der Waals surface area contributed by atoms with E-state index in [2.05, 4.69) is 5.10 Å². The summed E-state index contributed by atoms with van der Waals surface area (Å²) in [5.74, 6) is -0.953. The Morgan fingerprint density at radius 3 is 2.19 bits per heavy atom. The molecule has 0 amide bonds. The molecule has 0 saturated heterocycles. The van der Waals surface area contributed by atoms with Gasteiger partial charge in [0, 0.05) is 5.56 Å². The van der Waals surface area contributed by atoms with Crippen molar-refractivity contribution < 1.29 is 8.78 Å². The number of nitrogens with two attached hydrogens (primary N) is 1. The number of nitrogen functional groups attached to an aromatic ring is 1. The molecule has 0 unspecified atom stereocenters. The van der Waals surface area contributed by atoms with Crippen molar-refractivity contribution in [3.8, 4) is 16.9 Å². The summed E-state index contributed by atoms with van der Waals surface area (Å²) in [6.07, 6.45) is 0. The topological polar surface area (TPSA) is 43.8 Å². The van der Waals surface area contributed by atoms with E-state index in [0.29, 0.717) is 11.4 Å². The van der Waals surface area contributed by atoms with Crippen LogP contribution >= 0.6 is 0 Å². The Kier molecular flexibility index (Phi) is 3.17. The molecular formula is C16H13F2N3. The molecule has 2 aromatic carbocycles. The van der Waals surface area contributed by atoms with Gasteiger partial charge in [0.25, 0.3) is 0 Å². The smallest absolute Gasteiger partial charge is 0.135 e. The molecule has 0 bridgehead atoms. The third-order valence-electron chi connectivity index (χ3n) is 3.37. The number of hydrogen-bond acceptors (Lipinski definition) is 2. The molecule has 3 nitrogen and oxygen atoms in total. The molecule has 0 aliphatic carbocycles. The van der Waals surface area contributed by atoms with E-state index in [1.807, 2.05) is 30.3 Å². The Balaban J connectivity index is 2.23. The monoisotopic (exact) mass is 285 g/mol. The van der Waals surface area contributed by atoms with Crippen LogP contribution in [-0.4, -0.2) is 9.78 Å². The zero-order valence-corrected chi connectivity index (χ0v) is 11.3. The van der Waals surface area contributed by atoms with Gasteiger partial charge in [0.1, 0.15) is 23.1 Å². The number of aromatic nitrogens is 2. The fourth-order valence-corrected chi connectivity index (χ4v) is 2.24. The maximum Gasteiger partial charge on any atom is 0.135 e. The highest BCUT2D eigenvalue weighted by Gasteiger charge is 2.20. The molecule has 0 aliphatic heterocycles. The van der Waals surface area contributed by atoms with Crippen molar-refractivity contribution in [1.29, 1.82) is 0 Å². The maximum atomic E-state index is 13.9. The summed E-state index contributed by atoms with van der Waals surface area (Å²) in [6, 6.07) is 12.9. The Morgan fingerprint density at radius 2 is 1.57 bits per heavy atom. The summed E-state index contributed by atoms with van der Waals surface area (Å²) >= 11 is 0. The van der Waals surface area contributed by atoms with Gasteiger partial charge < -0.3 is 5.73 Å². The van der Waals surface area contributed by atoms with E-state index in [4.69, 9.17) is 5.73 Å². The second kappa shape index (κ2) is 5.01. The molecule has 3 aromatic rings. The molecule has 106 valence electrons. The van der Waals surface area contributed by atoms with Gasteiger partial charge in [-0.15, -0.1) is 0 Å². The van der Waals surface area contributed by atoms with Crippen molar-refractivity contribution >= 4 is 5.82 Å². The van der Waals surface area contributed by atoms with Gasteiger partial charge in [-0.25, -0.2) is 13.5 Å². The number of para-hydroxylation sites is 1. The van der Waals surface area contributed by atoms with Crippen LogP contribution in [0.4, 0.5) is 14.6 Å². The summed E-state index contributed by atoms with van der Waals surface area (Å²) in [5, 5.41) is 4.28. The standard InChI is InChI=1S/C16H13F2N3/c1-10-15(14-12(17)8-5-9-13(14)18)20-21(16(10)19)11-6-3-2-4-7-11/h2-9H,19H2,1H3. The van der Waals surface area contributed by atoms with Gasteiger partial charge in [0.15, 0.2) is 0 Å². The summed E-state index contributed by atoms with van der Waals surface area (Å²) in [4.78, 5) is 0. The largest absolute Gasteiger partial charge is 0.383 e. The van der Waals surface area contributed by atoms with Crippen LogP contribution in [0.2, 0.25) is 0 Å². The van der Waals surface area contributed by atoms with Crippen LogP contribution in [0.25, 0.3) is 16.9 Å². The van der Waals surface area contributed by atoms with Gasteiger partial charge in [-0.2, -0.15) is 5.10 Å². The summed E-state index contributed by atoms with van der Waals surface area (Å²) in [6.45, 7) is 1.70. The van der Waals surface area contributed by atoms with E-state index < -0.39 is 11.6 Å². The Hall–Kier alpha value is -2.69. The molecule has 0 atom stereocenters. The lowest BCUT2D eigenvalue weighted by molar-refractivity contribution is 0.588. The first-order valence-corrected chi connectivity index (χ1v) is 6.44. The Labute approximate surface area is 120 Å². The third kappa shape index (κ3) is 2.16. The number of benzene rings is 2. The highest BCUT2D eigenvalue weighted by molar-refractivity contribution is 5.70. The van der Waals surface area contributed by atoms with Gasteiger partial charge >= 0.3 is 0 Å². The minimum absolute atomic E-state index is 0.156. The number of rotatable bonds is 2. The molecule has 1 aromatic heterocycles. The highest BCUT2D eigenvalue weighted by atomic mass is 19.1. The number of anilines is 1. The zero-order valence-electron chi connectivity index (χ0n) is 11.3. The minimum atomic E-state index is -0.657. The van der Waals surface area contributed by atoms with Crippen LogP contribution in [-0.2, 0) is 0 Å². The van der Waals surface area contributed by atoms with Crippen LogP contribution in [0.1, 0.15) is 5.56 Å². The molecule has 0 aliphatic rings. The van der Waals surface area contributed by atoms with E-state index in [1.165, 1.54) is 22.9 Å². The highest BCUT2D eigenvalue weighted by Crippen LogP contribution is 2.31. The third-order valence-corrected chi connectivity index (χ3v) is 3.37. The fourth-order valence-electron chi connectivity index (χ4n) is 2.24. The second-order valence-electron chi connectivity index (χ2n) is 4.70. The maximum absolute atomic E-state index is 13.9. The van der Waals surface area contributed by atoms with Gasteiger partial charge in [-0.05, 0) is 31.2 Å². The van der Waals surface area contributed by atoms with E-state index in [9.17, 15) is 8.78 Å². The SMILES string of the molecule is Cc1c(-c2c(F)cccc2F)nn(-c2ccccc2)c1N. The molecule has 0 radical (unpaired) electrons. The molecule has 1 heterocycles. The average Bonchev–Trinajstić information content (AvgIpc) is 2.77. The van der Waals surface area contributed by atoms with Crippen LogP contribution in [0.3, 0.4) is 0 Å². The molecule has 21 heavy (non-hydrogen) atoms. The van der Waals surface area contributed by atoms with Gasteiger partial charge in [0.2, 0.25) is 0 Å². The second-order valence-corrected chi connectivity index (χ2v) is 4.70. The summed E-state index contributed by atoms with van der Waals surface area (Å²) < 4.78 is 29.3. The number of hydrogen-bond donors (Lipinski definition) is 1. The number of nitrogens with zero attached hydrogens (tertiary/aromatic N) is 2. The molecule has 2 N–H and O–H groups in total. The fraction of sp³-hybridized carbons (Fsp3) is 0.0625. The molecule has 5 heteroatoms. The molecule has 3 rings (SSSR count). The van der Waals surface area contributed by atoms with E-state index in [1.54, 1.807) is 6.92 Å². The van der Waals surface area contributed by atoms with E-state index in [-0.39, 0.29) is 11.3 Å². The predicted molar refractivity (Wildman–Crippen MR) is 78.1 cm³/mol. The van der Waals surface area contributed by atoms with Crippen molar-refractivity contribution in [3.63, 3.8) is 0 Å². The summed E-state index contributed by atoms with van der Waals surface area (Å²) in [7, 11) is 0. The van der Waals surface area contributed by atoms with Crippen molar-refractivity contribution in [2.24, 2.45) is 0 Å². The van der Waals surface area contributed by atoms with Crippen LogP contribution in [0.15, 0.2) is 48.5 Å². The van der Waals surface area contributed by atoms with E-state index in [0.717, 1.165) is 5.69 Å². The predicted octanol–water partition coefficient (Wildman–Crippen LogP) is 3.71. The van der Waals surface area contributed by atoms with E-state index >= 15 is 0 Å². The van der Waals surface area contributed by atoms with Crippen molar-refractivity contribution in [1.82, 2.24) is 9.78 Å². The molecule has 0 saturated carbocycles. The zero-order chi connectivity index (χ0) is 15.0. The first kappa shape index (κ1) is 13.3. The quantitative estimate of drug-likeness (QED) is 0.780. The Bertz CT molecular complexity index is 775. The van der Waals surface area contributed by atoms with Crippen LogP contribution in [0, 0.1) is 18.6 Å². The van der Waals surface area contributed by atoms with Crippen LogP contribution in [0.5, 0.6) is 0 Å². The first-order chi connectivity index (χ1) is 10.1. The lowest BCUT2D eigenvalue weighted by atomic mass is 10.1. The Morgan fingerprint density at radius 1 is 0.952 bits per heavy atom. The molecular weight excluding hydrogens is 272 g/mol. The minimum Gasteiger partial charge on any atom is -0.383 e. The average molecular weight is 285 g/mol. The number of halogens is 2. The molecule has 0 fully saturated rings. The van der Waals surface area contributed by atoms with Gasteiger partial charge in [-0.1, -0.05) is 24.3 Å². The van der Waals surface area contributed by atoms with Gasteiger partial charge in [-0.3, -0.25) is 0 Å².